The maximum atomic E-state index is 12.0. The molecule has 0 aliphatic carbocycles. The van der Waals surface area contributed by atoms with Crippen molar-refractivity contribution in [3.05, 3.63) is 35.3 Å². The molecule has 19 heavy (non-hydrogen) atoms. The monoisotopic (exact) mass is 266 g/mol. The first-order chi connectivity index (χ1) is 9.06. The molecular formula is C14H22N2O3. The molecule has 0 radical (unpaired) electrons. The predicted octanol–water partition coefficient (Wildman–Crippen LogP) is 1.24. The van der Waals surface area contributed by atoms with Gasteiger partial charge in [0.05, 0.1) is 0 Å². The SMILES string of the molecule is CCC(CC)(CCO)CNC(=O)c1ccc[n+]([O-])c1. The predicted molar refractivity (Wildman–Crippen MR) is 72.5 cm³/mol. The van der Waals surface area contributed by atoms with Gasteiger partial charge in [-0.05, 0) is 30.7 Å². The molecule has 0 spiro atoms. The molecular weight excluding hydrogens is 244 g/mol. The molecule has 0 aliphatic rings. The fraction of sp³-hybridized carbons (Fsp3) is 0.571. The smallest absolute Gasteiger partial charge is 0.257 e. The maximum absolute atomic E-state index is 12.0. The highest BCUT2D eigenvalue weighted by molar-refractivity contribution is 5.93. The van der Waals surface area contributed by atoms with Crippen molar-refractivity contribution in [2.45, 2.75) is 33.1 Å². The number of carbonyl (C=O) groups is 1. The number of pyridine rings is 1. The zero-order chi connectivity index (χ0) is 14.3. The van der Waals surface area contributed by atoms with Crippen LogP contribution in [0.4, 0.5) is 0 Å². The number of hydrogen-bond donors (Lipinski definition) is 2. The minimum absolute atomic E-state index is 0.0768. The second kappa shape index (κ2) is 7.09. The van der Waals surface area contributed by atoms with Crippen molar-refractivity contribution < 1.29 is 14.6 Å². The Hall–Kier alpha value is -1.62. The van der Waals surface area contributed by atoms with E-state index >= 15 is 0 Å². The first kappa shape index (κ1) is 15.4. The normalized spacial score (nSPS) is 11.3. The summed E-state index contributed by atoms with van der Waals surface area (Å²) in [6, 6.07) is 3.15. The van der Waals surface area contributed by atoms with Crippen LogP contribution in [0.2, 0.25) is 0 Å². The standard InChI is InChI=1S/C14H22N2O3/c1-3-14(4-2,7-9-17)11-15-13(18)12-6-5-8-16(19)10-12/h5-6,8,10,17H,3-4,7,9,11H2,1-2H3,(H,15,18). The van der Waals surface area contributed by atoms with Crippen LogP contribution in [0.5, 0.6) is 0 Å². The van der Waals surface area contributed by atoms with Crippen LogP contribution in [0.25, 0.3) is 0 Å². The van der Waals surface area contributed by atoms with E-state index in [2.05, 4.69) is 19.2 Å². The Morgan fingerprint density at radius 1 is 1.47 bits per heavy atom. The number of hydrogen-bond acceptors (Lipinski definition) is 3. The molecule has 0 atom stereocenters. The van der Waals surface area contributed by atoms with E-state index in [1.807, 2.05) is 0 Å². The Labute approximate surface area is 113 Å². The van der Waals surface area contributed by atoms with Crippen molar-refractivity contribution in [2.75, 3.05) is 13.2 Å². The first-order valence-corrected chi connectivity index (χ1v) is 6.65. The van der Waals surface area contributed by atoms with Gasteiger partial charge >= 0.3 is 0 Å². The van der Waals surface area contributed by atoms with Crippen LogP contribution >= 0.6 is 0 Å². The molecule has 1 rings (SSSR count). The number of amides is 1. The van der Waals surface area contributed by atoms with Crippen LogP contribution in [0.1, 0.15) is 43.5 Å². The lowest BCUT2D eigenvalue weighted by Crippen LogP contribution is -2.38. The maximum Gasteiger partial charge on any atom is 0.257 e. The van der Waals surface area contributed by atoms with Crippen LogP contribution in [0.3, 0.4) is 0 Å². The van der Waals surface area contributed by atoms with Gasteiger partial charge in [0.1, 0.15) is 5.56 Å². The lowest BCUT2D eigenvalue weighted by Gasteiger charge is -2.31. The highest BCUT2D eigenvalue weighted by Crippen LogP contribution is 2.29. The Morgan fingerprint density at radius 2 is 2.16 bits per heavy atom. The summed E-state index contributed by atoms with van der Waals surface area (Å²) in [5.41, 5.74) is 0.273. The zero-order valence-corrected chi connectivity index (χ0v) is 11.6. The Morgan fingerprint density at radius 3 is 2.68 bits per heavy atom. The van der Waals surface area contributed by atoms with Gasteiger partial charge in [0.2, 0.25) is 0 Å². The Bertz CT molecular complexity index is 417. The largest absolute Gasteiger partial charge is 0.619 e. The van der Waals surface area contributed by atoms with Gasteiger partial charge in [-0.25, -0.2) is 0 Å². The topological polar surface area (TPSA) is 76.3 Å². The molecule has 1 heterocycles. The van der Waals surface area contributed by atoms with Gasteiger partial charge in [0.15, 0.2) is 12.4 Å². The summed E-state index contributed by atoms with van der Waals surface area (Å²) >= 11 is 0. The number of aliphatic hydroxyl groups excluding tert-OH is 1. The zero-order valence-electron chi connectivity index (χ0n) is 11.6. The quantitative estimate of drug-likeness (QED) is 0.576. The van der Waals surface area contributed by atoms with Crippen LogP contribution in [0, 0.1) is 10.6 Å². The van der Waals surface area contributed by atoms with Gasteiger partial charge in [-0.3, -0.25) is 4.79 Å². The molecule has 0 saturated heterocycles. The van der Waals surface area contributed by atoms with Crippen molar-refractivity contribution >= 4 is 5.91 Å². The van der Waals surface area contributed by atoms with Crippen molar-refractivity contribution in [3.63, 3.8) is 0 Å². The summed E-state index contributed by atoms with van der Waals surface area (Å²) in [5, 5.41) is 23.1. The minimum atomic E-state index is -0.255. The third-order valence-corrected chi connectivity index (χ3v) is 3.80. The van der Waals surface area contributed by atoms with Gasteiger partial charge in [0.25, 0.3) is 5.91 Å². The molecule has 106 valence electrons. The molecule has 2 N–H and O–H groups in total. The van der Waals surface area contributed by atoms with Crippen molar-refractivity contribution in [1.82, 2.24) is 5.32 Å². The lowest BCUT2D eigenvalue weighted by molar-refractivity contribution is -0.605. The number of rotatable bonds is 7. The average molecular weight is 266 g/mol. The number of aromatic nitrogens is 1. The average Bonchev–Trinajstić information content (AvgIpc) is 2.43. The molecule has 1 aromatic rings. The number of nitrogens with one attached hydrogen (secondary N) is 1. The number of nitrogens with zero attached hydrogens (tertiary/aromatic N) is 1. The van der Waals surface area contributed by atoms with Crippen LogP contribution < -0.4 is 10.0 Å². The van der Waals surface area contributed by atoms with Gasteiger partial charge in [-0.1, -0.05) is 13.8 Å². The van der Waals surface area contributed by atoms with E-state index in [0.29, 0.717) is 23.3 Å². The van der Waals surface area contributed by atoms with Gasteiger partial charge in [0, 0.05) is 19.2 Å². The summed E-state index contributed by atoms with van der Waals surface area (Å²) in [6.07, 6.45) is 5.03. The van der Waals surface area contributed by atoms with Crippen molar-refractivity contribution in [2.24, 2.45) is 5.41 Å². The van der Waals surface area contributed by atoms with E-state index in [1.54, 1.807) is 12.1 Å². The fourth-order valence-corrected chi connectivity index (χ4v) is 2.14. The van der Waals surface area contributed by atoms with E-state index in [9.17, 15) is 10.0 Å². The van der Waals surface area contributed by atoms with Gasteiger partial charge in [-0.15, -0.1) is 0 Å². The summed E-state index contributed by atoms with van der Waals surface area (Å²) in [7, 11) is 0. The van der Waals surface area contributed by atoms with E-state index in [-0.39, 0.29) is 17.9 Å². The molecule has 0 fully saturated rings. The van der Waals surface area contributed by atoms with E-state index in [1.165, 1.54) is 12.4 Å². The van der Waals surface area contributed by atoms with Crippen LogP contribution in [-0.2, 0) is 0 Å². The molecule has 0 aromatic carbocycles. The van der Waals surface area contributed by atoms with Gasteiger partial charge < -0.3 is 15.6 Å². The highest BCUT2D eigenvalue weighted by atomic mass is 16.5. The summed E-state index contributed by atoms with van der Waals surface area (Å²) in [5.74, 6) is -0.255. The lowest BCUT2D eigenvalue weighted by atomic mass is 9.79. The second-order valence-corrected chi connectivity index (χ2v) is 4.82. The van der Waals surface area contributed by atoms with E-state index < -0.39 is 0 Å². The van der Waals surface area contributed by atoms with E-state index in [0.717, 1.165) is 12.8 Å². The molecule has 0 saturated carbocycles. The first-order valence-electron chi connectivity index (χ1n) is 6.65. The summed E-state index contributed by atoms with van der Waals surface area (Å²) < 4.78 is 0.607. The van der Waals surface area contributed by atoms with Crippen molar-refractivity contribution in [1.29, 1.82) is 0 Å². The van der Waals surface area contributed by atoms with E-state index in [4.69, 9.17) is 5.11 Å². The highest BCUT2D eigenvalue weighted by Gasteiger charge is 2.26. The summed E-state index contributed by atoms with van der Waals surface area (Å²) in [4.78, 5) is 12.0. The fourth-order valence-electron chi connectivity index (χ4n) is 2.14. The summed E-state index contributed by atoms with van der Waals surface area (Å²) in [6.45, 7) is 4.73. The Balaban J connectivity index is 2.66. The molecule has 5 nitrogen and oxygen atoms in total. The second-order valence-electron chi connectivity index (χ2n) is 4.82. The molecule has 0 aliphatic heterocycles. The Kier molecular flexibility index (Phi) is 5.76. The van der Waals surface area contributed by atoms with Crippen LogP contribution in [0.15, 0.2) is 24.5 Å². The van der Waals surface area contributed by atoms with Crippen molar-refractivity contribution in [3.8, 4) is 0 Å². The minimum Gasteiger partial charge on any atom is -0.619 e. The molecule has 1 amide bonds. The molecule has 1 aromatic heterocycles. The van der Waals surface area contributed by atoms with Crippen LogP contribution in [-0.4, -0.2) is 24.2 Å². The molecule has 5 heteroatoms. The molecule has 0 bridgehead atoms. The number of carbonyl (C=O) groups excluding carboxylic acids is 1. The third-order valence-electron chi connectivity index (χ3n) is 3.80. The number of aliphatic hydroxyl groups is 1. The van der Waals surface area contributed by atoms with Gasteiger partial charge in [-0.2, -0.15) is 4.73 Å². The third kappa shape index (κ3) is 4.21. The molecule has 0 unspecified atom stereocenters.